The summed E-state index contributed by atoms with van der Waals surface area (Å²) in [5.74, 6) is -0.566. The number of urea groups is 1. The van der Waals surface area contributed by atoms with E-state index in [4.69, 9.17) is 4.74 Å². The molecule has 8 heteroatoms. The van der Waals surface area contributed by atoms with Crippen molar-refractivity contribution >= 4 is 23.7 Å². The zero-order valence-electron chi connectivity index (χ0n) is 14.9. The highest BCUT2D eigenvalue weighted by atomic mass is 16.5. The van der Waals surface area contributed by atoms with Crippen LogP contribution in [0.2, 0.25) is 0 Å². The minimum Gasteiger partial charge on any atom is -0.376 e. The highest BCUT2D eigenvalue weighted by Crippen LogP contribution is 2.26. The minimum atomic E-state index is -0.595. The number of imide groups is 1. The zero-order valence-corrected chi connectivity index (χ0v) is 14.9. The molecule has 0 aromatic carbocycles. The molecular formula is C17H25N4O4+. The number of rotatable bonds is 5. The Morgan fingerprint density at radius 1 is 1.36 bits per heavy atom. The van der Waals surface area contributed by atoms with Crippen molar-refractivity contribution in [1.82, 2.24) is 15.1 Å². The van der Waals surface area contributed by atoms with Gasteiger partial charge in [0.15, 0.2) is 11.6 Å². The van der Waals surface area contributed by atoms with Gasteiger partial charge in [0.2, 0.25) is 0 Å². The van der Waals surface area contributed by atoms with Crippen molar-refractivity contribution in [3.05, 3.63) is 11.8 Å². The number of carbonyl (C=O) groups excluding carboxylic acids is 3. The number of nitrogens with one attached hydrogen (secondary N) is 1. The van der Waals surface area contributed by atoms with Crippen LogP contribution in [0.25, 0.3) is 0 Å². The molecule has 136 valence electrons. The lowest BCUT2D eigenvalue weighted by atomic mass is 10.0. The minimum absolute atomic E-state index is 0.0533. The molecule has 0 aromatic heterocycles. The third-order valence-corrected chi connectivity index (χ3v) is 4.88. The molecule has 2 atom stereocenters. The van der Waals surface area contributed by atoms with Crippen LogP contribution >= 0.6 is 0 Å². The van der Waals surface area contributed by atoms with Crippen LogP contribution in [0.3, 0.4) is 0 Å². The average Bonchev–Trinajstić information content (AvgIpc) is 3.24. The summed E-state index contributed by atoms with van der Waals surface area (Å²) >= 11 is 0. The quantitative estimate of drug-likeness (QED) is 0.716. The Bertz CT molecular complexity index is 664. The van der Waals surface area contributed by atoms with E-state index in [1.54, 1.807) is 17.7 Å². The fourth-order valence-corrected chi connectivity index (χ4v) is 3.57. The number of nitrogens with zero attached hydrogens (tertiary/aromatic N) is 3. The molecule has 0 radical (unpaired) electrons. The van der Waals surface area contributed by atoms with Crippen molar-refractivity contribution in [3.63, 3.8) is 0 Å². The summed E-state index contributed by atoms with van der Waals surface area (Å²) in [7, 11) is 3.10. The molecule has 25 heavy (non-hydrogen) atoms. The van der Waals surface area contributed by atoms with E-state index < -0.39 is 5.92 Å². The number of amides is 4. The van der Waals surface area contributed by atoms with Gasteiger partial charge in [-0.1, -0.05) is 6.92 Å². The van der Waals surface area contributed by atoms with Crippen LogP contribution in [0.15, 0.2) is 11.8 Å². The van der Waals surface area contributed by atoms with Gasteiger partial charge in [0, 0.05) is 20.2 Å². The van der Waals surface area contributed by atoms with E-state index in [0.717, 1.165) is 30.8 Å². The van der Waals surface area contributed by atoms with Gasteiger partial charge in [-0.2, -0.15) is 4.90 Å². The monoisotopic (exact) mass is 349 g/mol. The predicted octanol–water partition coefficient (Wildman–Crippen LogP) is 0.140. The number of fused-ring (bicyclic) bond motifs is 1. The van der Waals surface area contributed by atoms with E-state index in [9.17, 15) is 14.4 Å². The van der Waals surface area contributed by atoms with E-state index in [-0.39, 0.29) is 23.9 Å². The fourth-order valence-electron chi connectivity index (χ4n) is 3.57. The maximum Gasteiger partial charge on any atom is 0.417 e. The highest BCUT2D eigenvalue weighted by Gasteiger charge is 2.51. The van der Waals surface area contributed by atoms with Crippen LogP contribution in [-0.4, -0.2) is 78.0 Å². The topological polar surface area (TPSA) is 82.0 Å². The Kier molecular flexibility index (Phi) is 4.89. The van der Waals surface area contributed by atoms with Crippen molar-refractivity contribution in [2.24, 2.45) is 5.92 Å². The van der Waals surface area contributed by atoms with E-state index in [0.29, 0.717) is 24.6 Å². The maximum atomic E-state index is 12.7. The van der Waals surface area contributed by atoms with Gasteiger partial charge in [-0.05, 0) is 25.3 Å². The van der Waals surface area contributed by atoms with Crippen LogP contribution in [0.1, 0.15) is 26.2 Å². The van der Waals surface area contributed by atoms with Gasteiger partial charge < -0.3 is 10.1 Å². The first-order valence-corrected chi connectivity index (χ1v) is 8.77. The van der Waals surface area contributed by atoms with Gasteiger partial charge in [-0.25, -0.2) is 14.3 Å². The molecule has 3 aliphatic rings. The first-order valence-electron chi connectivity index (χ1n) is 8.77. The molecule has 2 unspecified atom stereocenters. The average molecular weight is 349 g/mol. The zero-order chi connectivity index (χ0) is 18.1. The number of carbonyl (C=O) groups is 3. The largest absolute Gasteiger partial charge is 0.417 e. The highest BCUT2D eigenvalue weighted by molar-refractivity contribution is 6.19. The summed E-state index contributed by atoms with van der Waals surface area (Å²) in [6.45, 7) is 3.76. The van der Waals surface area contributed by atoms with Gasteiger partial charge >= 0.3 is 6.03 Å². The standard InChI is InChI=1S/C17H24N4O4/c1-4-7-21-13(14(22)18-10-11-6-5-8-25-11)9-12-15(21)19(2)17(24)20(3)16(12)23/h9,11-12H,4-8,10H2,1-3H3/p+1. The molecule has 2 saturated heterocycles. The smallest absolute Gasteiger partial charge is 0.376 e. The third-order valence-electron chi connectivity index (χ3n) is 4.88. The van der Waals surface area contributed by atoms with Gasteiger partial charge in [-0.3, -0.25) is 9.59 Å². The normalized spacial score (nSPS) is 26.3. The Morgan fingerprint density at radius 2 is 2.12 bits per heavy atom. The fraction of sp³-hybridized carbons (Fsp3) is 0.647. The predicted molar refractivity (Wildman–Crippen MR) is 89.9 cm³/mol. The summed E-state index contributed by atoms with van der Waals surface area (Å²) in [6.07, 6.45) is 4.46. The Hall–Kier alpha value is -2.22. The molecule has 8 nitrogen and oxygen atoms in total. The molecule has 3 rings (SSSR count). The summed E-state index contributed by atoms with van der Waals surface area (Å²) in [4.78, 5) is 40.0. The SMILES string of the molecule is CCC[N+]1=C2C(C=C1C(=O)NCC1CCCO1)C(=O)N(C)C(=O)N2C. The molecule has 0 aliphatic carbocycles. The summed E-state index contributed by atoms with van der Waals surface area (Å²) < 4.78 is 7.32. The maximum absolute atomic E-state index is 12.7. The van der Waals surface area contributed by atoms with Gasteiger partial charge in [-0.15, -0.1) is 0 Å². The molecule has 3 aliphatic heterocycles. The van der Waals surface area contributed by atoms with Crippen LogP contribution in [0.4, 0.5) is 4.79 Å². The molecule has 1 N–H and O–H groups in total. The number of ether oxygens (including phenoxy) is 1. The van der Waals surface area contributed by atoms with E-state index in [1.165, 1.54) is 11.9 Å². The van der Waals surface area contributed by atoms with Crippen molar-refractivity contribution in [2.45, 2.75) is 32.3 Å². The molecule has 2 fully saturated rings. The molecule has 0 bridgehead atoms. The van der Waals surface area contributed by atoms with Gasteiger partial charge in [0.1, 0.15) is 0 Å². The van der Waals surface area contributed by atoms with Crippen LogP contribution in [0, 0.1) is 5.92 Å². The first-order chi connectivity index (χ1) is 12.0. The summed E-state index contributed by atoms with van der Waals surface area (Å²) in [6, 6.07) is -0.383. The van der Waals surface area contributed by atoms with Gasteiger partial charge in [0.05, 0.1) is 19.7 Å². The van der Waals surface area contributed by atoms with Crippen LogP contribution in [-0.2, 0) is 14.3 Å². The van der Waals surface area contributed by atoms with Gasteiger partial charge in [0.25, 0.3) is 17.6 Å². The summed E-state index contributed by atoms with van der Waals surface area (Å²) in [5, 5.41) is 2.90. The second-order valence-corrected chi connectivity index (χ2v) is 6.62. The number of hydrogen-bond donors (Lipinski definition) is 1. The molecule has 3 heterocycles. The lowest BCUT2D eigenvalue weighted by Crippen LogP contribution is -2.57. The molecule has 4 amide bonds. The van der Waals surface area contributed by atoms with Crippen molar-refractivity contribution in [3.8, 4) is 0 Å². The molecular weight excluding hydrogens is 324 g/mol. The summed E-state index contributed by atoms with van der Waals surface area (Å²) in [5.41, 5.74) is 0.433. The molecule has 0 saturated carbocycles. The van der Waals surface area contributed by atoms with Crippen molar-refractivity contribution in [1.29, 1.82) is 0 Å². The lowest BCUT2D eigenvalue weighted by Gasteiger charge is -2.27. The number of amidine groups is 1. The van der Waals surface area contributed by atoms with Crippen molar-refractivity contribution < 1.29 is 23.7 Å². The third kappa shape index (κ3) is 3.06. The Morgan fingerprint density at radius 3 is 2.76 bits per heavy atom. The Balaban J connectivity index is 1.85. The second-order valence-electron chi connectivity index (χ2n) is 6.62. The van der Waals surface area contributed by atoms with E-state index in [2.05, 4.69) is 5.32 Å². The van der Waals surface area contributed by atoms with E-state index >= 15 is 0 Å². The Labute approximate surface area is 147 Å². The lowest BCUT2D eigenvalue weighted by molar-refractivity contribution is -0.473. The molecule has 0 spiro atoms. The van der Waals surface area contributed by atoms with Crippen molar-refractivity contribution in [2.75, 3.05) is 33.8 Å². The van der Waals surface area contributed by atoms with E-state index in [1.807, 2.05) is 6.92 Å². The molecule has 0 aromatic rings. The van der Waals surface area contributed by atoms with Crippen LogP contribution in [0.5, 0.6) is 0 Å². The first kappa shape index (κ1) is 17.6. The number of hydrogen-bond acceptors (Lipinski definition) is 4. The second kappa shape index (κ2) is 6.95. The van der Waals surface area contributed by atoms with Crippen LogP contribution < -0.4 is 5.32 Å².